The van der Waals surface area contributed by atoms with Crippen LogP contribution < -0.4 is 5.73 Å². The van der Waals surface area contributed by atoms with Gasteiger partial charge in [0.15, 0.2) is 0 Å². The van der Waals surface area contributed by atoms with E-state index in [9.17, 15) is 4.79 Å². The molecule has 1 unspecified atom stereocenters. The molecule has 0 radical (unpaired) electrons. The molecule has 0 saturated carbocycles. The molecule has 0 saturated heterocycles. The van der Waals surface area contributed by atoms with Crippen molar-refractivity contribution in [1.29, 1.82) is 0 Å². The Labute approximate surface area is 85.5 Å². The van der Waals surface area contributed by atoms with Crippen LogP contribution in [0.1, 0.15) is 11.3 Å². The number of hydrogen-bond donors (Lipinski definition) is 1. The van der Waals surface area contributed by atoms with Crippen molar-refractivity contribution in [2.75, 3.05) is 0 Å². The van der Waals surface area contributed by atoms with E-state index in [4.69, 9.17) is 5.73 Å². The summed E-state index contributed by atoms with van der Waals surface area (Å²) < 4.78 is 0. The lowest BCUT2D eigenvalue weighted by molar-refractivity contribution is -0.117. The molecule has 0 aliphatic heterocycles. The van der Waals surface area contributed by atoms with Gasteiger partial charge in [-0.15, -0.1) is 0 Å². The third-order valence-electron chi connectivity index (χ3n) is 1.82. The Morgan fingerprint density at radius 1 is 1.77 bits per heavy atom. The van der Waals surface area contributed by atoms with E-state index in [0.29, 0.717) is 6.42 Å². The Balaban J connectivity index is 2.74. The molecule has 0 aliphatic carbocycles. The summed E-state index contributed by atoms with van der Waals surface area (Å²) in [4.78, 5) is 14.6. The molecule has 1 aromatic rings. The Hall–Kier alpha value is -0.900. The fourth-order valence-electron chi connectivity index (χ4n) is 1.03. The van der Waals surface area contributed by atoms with Crippen molar-refractivity contribution in [3.63, 3.8) is 0 Å². The smallest absolute Gasteiger partial charge is 0.231 e. The van der Waals surface area contributed by atoms with E-state index in [1.165, 1.54) is 0 Å². The maximum Gasteiger partial charge on any atom is 0.231 e. The van der Waals surface area contributed by atoms with E-state index < -0.39 is 0 Å². The topological polar surface area (TPSA) is 56.0 Å². The van der Waals surface area contributed by atoms with E-state index in [-0.39, 0.29) is 10.7 Å². The Morgan fingerprint density at radius 2 is 2.46 bits per heavy atom. The van der Waals surface area contributed by atoms with Crippen molar-refractivity contribution < 1.29 is 4.79 Å². The van der Waals surface area contributed by atoms with Crippen LogP contribution in [0, 0.1) is 6.92 Å². The lowest BCUT2D eigenvalue weighted by Crippen LogP contribution is -2.25. The minimum absolute atomic E-state index is 0.310. The van der Waals surface area contributed by atoms with Crippen LogP contribution in [0.5, 0.6) is 0 Å². The summed E-state index contributed by atoms with van der Waals surface area (Å²) in [5.74, 6) is -0.344. The summed E-state index contributed by atoms with van der Waals surface area (Å²) in [6.45, 7) is 1.91. The number of hydrogen-bond acceptors (Lipinski definition) is 2. The highest BCUT2D eigenvalue weighted by atomic mass is 79.9. The van der Waals surface area contributed by atoms with Gasteiger partial charge in [-0.05, 0) is 25.0 Å². The molecule has 0 fully saturated rings. The van der Waals surface area contributed by atoms with Crippen molar-refractivity contribution in [2.24, 2.45) is 5.73 Å². The number of primary amides is 1. The quantitative estimate of drug-likeness (QED) is 0.810. The Morgan fingerprint density at radius 3 is 3.00 bits per heavy atom. The maximum atomic E-state index is 10.8. The first kappa shape index (κ1) is 10.2. The van der Waals surface area contributed by atoms with Gasteiger partial charge in [-0.1, -0.05) is 22.0 Å². The number of rotatable bonds is 3. The Bertz CT molecular complexity index is 314. The number of nitrogens with zero attached hydrogens (tertiary/aromatic N) is 1. The van der Waals surface area contributed by atoms with Gasteiger partial charge in [-0.25, -0.2) is 0 Å². The molecule has 1 rings (SSSR count). The maximum absolute atomic E-state index is 10.8. The second-order valence-corrected chi connectivity index (χ2v) is 3.93. The molecule has 0 spiro atoms. The third-order valence-corrected chi connectivity index (χ3v) is 2.60. The number of alkyl halides is 1. The fraction of sp³-hybridized carbons (Fsp3) is 0.333. The molecular formula is C9H11BrN2O. The molecular weight excluding hydrogens is 232 g/mol. The normalized spacial score (nSPS) is 12.5. The van der Waals surface area contributed by atoms with E-state index in [0.717, 1.165) is 11.3 Å². The van der Waals surface area contributed by atoms with Crippen molar-refractivity contribution in [3.05, 3.63) is 29.6 Å². The van der Waals surface area contributed by atoms with Crippen molar-refractivity contribution in [2.45, 2.75) is 18.2 Å². The monoisotopic (exact) mass is 242 g/mol. The van der Waals surface area contributed by atoms with Gasteiger partial charge in [-0.3, -0.25) is 9.78 Å². The van der Waals surface area contributed by atoms with Crippen LogP contribution in [-0.4, -0.2) is 15.7 Å². The summed E-state index contributed by atoms with van der Waals surface area (Å²) >= 11 is 3.21. The van der Waals surface area contributed by atoms with E-state index in [2.05, 4.69) is 20.9 Å². The van der Waals surface area contributed by atoms with Crippen LogP contribution in [0.15, 0.2) is 18.3 Å². The zero-order valence-corrected chi connectivity index (χ0v) is 8.91. The number of pyridine rings is 1. The van der Waals surface area contributed by atoms with Gasteiger partial charge in [0.25, 0.3) is 0 Å². The van der Waals surface area contributed by atoms with Crippen LogP contribution in [0.4, 0.5) is 0 Å². The molecule has 2 N–H and O–H groups in total. The second-order valence-electron chi connectivity index (χ2n) is 2.82. The SMILES string of the molecule is Cc1ncccc1CC(Br)C(N)=O. The molecule has 0 aromatic carbocycles. The van der Waals surface area contributed by atoms with Crippen molar-refractivity contribution in [1.82, 2.24) is 4.98 Å². The predicted octanol–water partition coefficient (Wildman–Crippen LogP) is 1.18. The lowest BCUT2D eigenvalue weighted by Gasteiger charge is -2.07. The van der Waals surface area contributed by atoms with Crippen LogP contribution in [0.2, 0.25) is 0 Å². The molecule has 4 heteroatoms. The molecule has 1 heterocycles. The van der Waals surface area contributed by atoms with Gasteiger partial charge < -0.3 is 5.73 Å². The molecule has 1 aromatic heterocycles. The summed E-state index contributed by atoms with van der Waals surface area (Å²) in [6.07, 6.45) is 2.32. The summed E-state index contributed by atoms with van der Waals surface area (Å²) in [5, 5.41) is 0. The van der Waals surface area contributed by atoms with Crippen LogP contribution in [0.25, 0.3) is 0 Å². The first-order valence-electron chi connectivity index (χ1n) is 3.95. The predicted molar refractivity (Wildman–Crippen MR) is 54.6 cm³/mol. The average Bonchev–Trinajstić information content (AvgIpc) is 2.08. The Kier molecular flexibility index (Phi) is 3.42. The molecule has 13 heavy (non-hydrogen) atoms. The zero-order valence-electron chi connectivity index (χ0n) is 7.33. The highest BCUT2D eigenvalue weighted by Gasteiger charge is 2.12. The lowest BCUT2D eigenvalue weighted by atomic mass is 10.1. The first-order valence-corrected chi connectivity index (χ1v) is 4.86. The first-order chi connectivity index (χ1) is 6.11. The molecule has 1 amide bonds. The van der Waals surface area contributed by atoms with E-state index in [1.807, 2.05) is 19.1 Å². The van der Waals surface area contributed by atoms with Crippen LogP contribution in [0.3, 0.4) is 0 Å². The molecule has 0 bridgehead atoms. The standard InChI is InChI=1S/C9H11BrN2O/c1-6-7(3-2-4-12-6)5-8(10)9(11)13/h2-4,8H,5H2,1H3,(H2,11,13). The van der Waals surface area contributed by atoms with Gasteiger partial charge >= 0.3 is 0 Å². The zero-order chi connectivity index (χ0) is 9.84. The van der Waals surface area contributed by atoms with E-state index >= 15 is 0 Å². The van der Waals surface area contributed by atoms with Gasteiger partial charge in [0, 0.05) is 11.9 Å². The minimum atomic E-state index is -0.344. The number of aryl methyl sites for hydroxylation is 1. The highest BCUT2D eigenvalue weighted by Crippen LogP contribution is 2.11. The summed E-state index contributed by atoms with van der Waals surface area (Å²) in [7, 11) is 0. The van der Waals surface area contributed by atoms with Gasteiger partial charge in [0.1, 0.15) is 0 Å². The number of nitrogens with two attached hydrogens (primary N) is 1. The van der Waals surface area contributed by atoms with Crippen LogP contribution >= 0.6 is 15.9 Å². The number of carbonyl (C=O) groups is 1. The number of carbonyl (C=O) groups excluding carboxylic acids is 1. The highest BCUT2D eigenvalue weighted by molar-refractivity contribution is 9.10. The van der Waals surface area contributed by atoms with Gasteiger partial charge in [0.05, 0.1) is 4.83 Å². The van der Waals surface area contributed by atoms with E-state index in [1.54, 1.807) is 6.20 Å². The number of aromatic nitrogens is 1. The summed E-state index contributed by atoms with van der Waals surface area (Å²) in [6, 6.07) is 3.79. The number of halogens is 1. The van der Waals surface area contributed by atoms with Crippen molar-refractivity contribution in [3.8, 4) is 0 Å². The molecule has 70 valence electrons. The molecule has 3 nitrogen and oxygen atoms in total. The van der Waals surface area contributed by atoms with Gasteiger partial charge in [-0.2, -0.15) is 0 Å². The average molecular weight is 243 g/mol. The third kappa shape index (κ3) is 2.81. The largest absolute Gasteiger partial charge is 0.369 e. The minimum Gasteiger partial charge on any atom is -0.369 e. The van der Waals surface area contributed by atoms with Crippen LogP contribution in [-0.2, 0) is 11.2 Å². The summed E-state index contributed by atoms with van der Waals surface area (Å²) in [5.41, 5.74) is 7.11. The molecule has 0 aliphatic rings. The fourth-order valence-corrected chi connectivity index (χ4v) is 1.38. The second kappa shape index (κ2) is 4.37. The van der Waals surface area contributed by atoms with Crippen molar-refractivity contribution >= 4 is 21.8 Å². The van der Waals surface area contributed by atoms with Gasteiger partial charge in [0.2, 0.25) is 5.91 Å². The number of amides is 1. The molecule has 1 atom stereocenters.